The Labute approximate surface area is 139 Å². The second-order valence-electron chi connectivity index (χ2n) is 4.49. The molecule has 0 fully saturated rings. The Morgan fingerprint density at radius 2 is 2.17 bits per heavy atom. The number of para-hydroxylation sites is 1. The molecule has 0 bridgehead atoms. The van der Waals surface area contributed by atoms with E-state index >= 15 is 0 Å². The molecular weight excluding hydrogens is 310 g/mol. The lowest BCUT2D eigenvalue weighted by Gasteiger charge is -2.11. The lowest BCUT2D eigenvalue weighted by molar-refractivity contribution is 0.267. The number of allylic oxidation sites excluding steroid dienone is 1. The van der Waals surface area contributed by atoms with Crippen LogP contribution in [0.25, 0.3) is 5.69 Å². The Balaban J connectivity index is 2.30. The highest BCUT2D eigenvalue weighted by atomic mass is 32.2. The summed E-state index contributed by atoms with van der Waals surface area (Å²) >= 11 is 1.15. The normalized spacial score (nSPS) is 11.8. The van der Waals surface area contributed by atoms with Gasteiger partial charge in [0.05, 0.1) is 23.8 Å². The molecule has 0 N–H and O–H groups in total. The van der Waals surface area contributed by atoms with Gasteiger partial charge in [0.1, 0.15) is 0 Å². The maximum absolute atomic E-state index is 11.8. The predicted molar refractivity (Wildman–Crippen MR) is 93.0 cm³/mol. The van der Waals surface area contributed by atoms with Gasteiger partial charge in [0.15, 0.2) is 0 Å². The highest BCUT2D eigenvalue weighted by Gasteiger charge is 2.05. The van der Waals surface area contributed by atoms with Gasteiger partial charge < -0.3 is 4.74 Å². The molecule has 0 radical (unpaired) electrons. The van der Waals surface area contributed by atoms with E-state index in [9.17, 15) is 4.79 Å². The van der Waals surface area contributed by atoms with Crippen molar-refractivity contribution in [2.24, 2.45) is 4.99 Å². The lowest BCUT2D eigenvalue weighted by atomic mass is 10.3. The fraction of sp³-hybridized carbons (Fsp3) is 0.235. The molecule has 5 nitrogen and oxygen atoms in total. The molecule has 0 saturated heterocycles. The minimum atomic E-state index is -0.246. The van der Waals surface area contributed by atoms with Gasteiger partial charge in [-0.3, -0.25) is 4.79 Å². The third-order valence-corrected chi connectivity index (χ3v) is 3.54. The van der Waals surface area contributed by atoms with Gasteiger partial charge in [-0.1, -0.05) is 42.1 Å². The van der Waals surface area contributed by atoms with Gasteiger partial charge in [0.2, 0.25) is 5.88 Å². The Morgan fingerprint density at radius 3 is 2.87 bits per heavy atom. The van der Waals surface area contributed by atoms with Gasteiger partial charge in [-0.2, -0.15) is 5.10 Å². The number of hydrogen-bond acceptors (Lipinski definition) is 4. The van der Waals surface area contributed by atoms with E-state index in [2.05, 4.69) is 10.1 Å². The highest BCUT2D eigenvalue weighted by molar-refractivity contribution is 8.13. The minimum absolute atomic E-state index is 0.246. The molecule has 0 aliphatic rings. The number of rotatable bonds is 5. The average Bonchev–Trinajstić information content (AvgIpc) is 2.56. The molecule has 0 aliphatic heterocycles. The summed E-state index contributed by atoms with van der Waals surface area (Å²) in [4.78, 5) is 15.8. The second kappa shape index (κ2) is 8.95. The molecular formula is C17H19N3O2S. The number of aromatic nitrogens is 2. The van der Waals surface area contributed by atoms with E-state index in [-0.39, 0.29) is 5.24 Å². The van der Waals surface area contributed by atoms with Crippen molar-refractivity contribution in [3.63, 3.8) is 0 Å². The summed E-state index contributed by atoms with van der Waals surface area (Å²) in [5.41, 5.74) is 0.885. The van der Waals surface area contributed by atoms with Crippen LogP contribution in [0, 0.1) is 0 Å². The number of carbonyl (C=O) groups is 1. The quantitative estimate of drug-likeness (QED) is 0.787. The van der Waals surface area contributed by atoms with Crippen molar-refractivity contribution in [3.8, 4) is 11.6 Å². The van der Waals surface area contributed by atoms with E-state index in [1.807, 2.05) is 56.3 Å². The Hall–Kier alpha value is -2.34. The van der Waals surface area contributed by atoms with Gasteiger partial charge in [-0.05, 0) is 26.0 Å². The smallest absolute Gasteiger partial charge is 0.305 e. The van der Waals surface area contributed by atoms with Crippen molar-refractivity contribution in [1.29, 1.82) is 0 Å². The van der Waals surface area contributed by atoms with E-state index < -0.39 is 0 Å². The average molecular weight is 329 g/mol. The number of nitrogens with zero attached hydrogens (tertiary/aromatic N) is 3. The molecule has 2 rings (SSSR count). The topological polar surface area (TPSA) is 56.5 Å². The molecule has 1 heterocycles. The first kappa shape index (κ1) is 17.0. The van der Waals surface area contributed by atoms with E-state index in [1.54, 1.807) is 16.9 Å². The van der Waals surface area contributed by atoms with Gasteiger partial charge in [-0.25, -0.2) is 9.67 Å². The summed E-state index contributed by atoms with van der Waals surface area (Å²) in [6, 6.07) is 11.4. The van der Waals surface area contributed by atoms with Crippen molar-refractivity contribution in [3.05, 3.63) is 60.1 Å². The van der Waals surface area contributed by atoms with Gasteiger partial charge in [0.25, 0.3) is 0 Å². The monoisotopic (exact) mass is 329 g/mol. The van der Waals surface area contributed by atoms with Crippen LogP contribution in [0.5, 0.6) is 5.88 Å². The molecule has 0 atom stereocenters. The number of hydrogen-bond donors (Lipinski definition) is 0. The first-order valence-corrected chi connectivity index (χ1v) is 8.33. The van der Waals surface area contributed by atoms with Crippen LogP contribution >= 0.6 is 11.8 Å². The van der Waals surface area contributed by atoms with Gasteiger partial charge >= 0.3 is 5.24 Å². The number of benzene rings is 1. The molecule has 1 aromatic carbocycles. The van der Waals surface area contributed by atoms with Crippen LogP contribution in [-0.4, -0.2) is 27.4 Å². The maximum atomic E-state index is 11.8. The van der Waals surface area contributed by atoms with Crippen LogP contribution in [-0.2, 0) is 0 Å². The van der Waals surface area contributed by atoms with Crippen LogP contribution in [0.1, 0.15) is 13.8 Å². The summed E-state index contributed by atoms with van der Waals surface area (Å²) in [5.74, 6) is 1.16. The van der Waals surface area contributed by atoms with E-state index in [4.69, 9.17) is 4.74 Å². The molecule has 0 unspecified atom stereocenters. The number of amides is 1. The third-order valence-electron chi connectivity index (χ3n) is 2.84. The molecule has 1 amide bonds. The zero-order valence-corrected chi connectivity index (χ0v) is 14.0. The molecule has 23 heavy (non-hydrogen) atoms. The number of carbonyl (C=O) groups excluding carboxylic acids is 1. The van der Waals surface area contributed by atoms with Crippen molar-refractivity contribution >= 4 is 17.0 Å². The lowest BCUT2D eigenvalue weighted by Crippen LogP contribution is -2.14. The van der Waals surface area contributed by atoms with E-state index in [1.165, 1.54) is 0 Å². The number of ether oxygens (including phenoxy) is 1. The fourth-order valence-corrected chi connectivity index (χ4v) is 2.43. The molecule has 0 saturated carbocycles. The molecule has 0 aliphatic carbocycles. The molecule has 6 heteroatoms. The van der Waals surface area contributed by atoms with Crippen LogP contribution in [0.3, 0.4) is 0 Å². The maximum Gasteiger partial charge on any atom is 0.305 e. The van der Waals surface area contributed by atoms with E-state index in [0.29, 0.717) is 23.6 Å². The van der Waals surface area contributed by atoms with Crippen LogP contribution in [0.4, 0.5) is 4.79 Å². The SMILES string of the molecule is CC=CCSC(=O)N=c1cnn(-c2ccccc2)c(OCC)c1. The minimum Gasteiger partial charge on any atom is -0.478 e. The molecule has 0 spiro atoms. The Bertz CT molecular complexity index is 739. The molecule has 2 aromatic rings. The van der Waals surface area contributed by atoms with Crippen LogP contribution in [0.2, 0.25) is 0 Å². The van der Waals surface area contributed by atoms with Crippen LogP contribution < -0.4 is 10.1 Å². The zero-order valence-electron chi connectivity index (χ0n) is 13.2. The van der Waals surface area contributed by atoms with Crippen molar-refractivity contribution in [1.82, 2.24) is 9.78 Å². The zero-order chi connectivity index (χ0) is 16.5. The summed E-state index contributed by atoms with van der Waals surface area (Å²) < 4.78 is 7.30. The largest absolute Gasteiger partial charge is 0.478 e. The third kappa shape index (κ3) is 5.10. The molecule has 1 aromatic heterocycles. The van der Waals surface area contributed by atoms with Crippen molar-refractivity contribution < 1.29 is 9.53 Å². The highest BCUT2D eigenvalue weighted by Crippen LogP contribution is 2.14. The van der Waals surface area contributed by atoms with Crippen molar-refractivity contribution in [2.75, 3.05) is 12.4 Å². The summed E-state index contributed by atoms with van der Waals surface area (Å²) in [5, 5.41) is 4.58. The number of thioether (sulfide) groups is 1. The van der Waals surface area contributed by atoms with Crippen LogP contribution in [0.15, 0.2) is 59.7 Å². The summed E-state index contributed by atoms with van der Waals surface area (Å²) in [7, 11) is 0. The van der Waals surface area contributed by atoms with Crippen molar-refractivity contribution in [2.45, 2.75) is 13.8 Å². The summed E-state index contributed by atoms with van der Waals surface area (Å²) in [6.45, 7) is 4.32. The Morgan fingerprint density at radius 1 is 1.39 bits per heavy atom. The fourth-order valence-electron chi connectivity index (χ4n) is 1.83. The van der Waals surface area contributed by atoms with E-state index in [0.717, 1.165) is 17.4 Å². The first-order chi connectivity index (χ1) is 11.2. The second-order valence-corrected chi connectivity index (χ2v) is 5.46. The van der Waals surface area contributed by atoms with Gasteiger partial charge in [-0.15, -0.1) is 0 Å². The standard InChI is InChI=1S/C17H19N3O2S/c1-3-5-11-23-17(21)19-14-12-16(22-4-2)20(18-13-14)15-9-7-6-8-10-15/h3,5-10,12-13H,4,11H2,1-2H3. The predicted octanol–water partition coefficient (Wildman–Crippen LogP) is 3.60. The molecule has 120 valence electrons. The summed E-state index contributed by atoms with van der Waals surface area (Å²) in [6.07, 6.45) is 5.38. The first-order valence-electron chi connectivity index (χ1n) is 7.35. The Kier molecular flexibility index (Phi) is 6.62. The van der Waals surface area contributed by atoms with Gasteiger partial charge in [0, 0.05) is 11.8 Å².